The van der Waals surface area contributed by atoms with Crippen LogP contribution in [-0.2, 0) is 35.2 Å². The molecule has 0 aliphatic carbocycles. The molecule has 12 N–H and O–H groups in total. The molecule has 1 aliphatic rings. The van der Waals surface area contributed by atoms with Crippen LogP contribution in [-0.4, -0.2) is 94.8 Å². The van der Waals surface area contributed by atoms with Crippen molar-refractivity contribution in [1.82, 2.24) is 20.9 Å². The number of likely N-dealkylation sites (tertiary alicyclic amines) is 1. The van der Waals surface area contributed by atoms with Gasteiger partial charge in [0.25, 0.3) is 0 Å². The number of guanidine groups is 1. The van der Waals surface area contributed by atoms with Gasteiger partial charge in [0.05, 0.1) is 6.04 Å². The zero-order valence-corrected chi connectivity index (χ0v) is 27.0. The van der Waals surface area contributed by atoms with E-state index < -0.39 is 65.7 Å². The number of rotatable bonds is 19. The number of carbonyl (C=O) groups excluding carboxylic acids is 5. The molecule has 1 fully saturated rings. The van der Waals surface area contributed by atoms with Gasteiger partial charge in [-0.05, 0) is 56.4 Å². The number of carbonyl (C=O) groups is 6. The van der Waals surface area contributed by atoms with Gasteiger partial charge in [-0.1, -0.05) is 44.2 Å². The van der Waals surface area contributed by atoms with Crippen molar-refractivity contribution in [2.24, 2.45) is 33.8 Å². The summed E-state index contributed by atoms with van der Waals surface area (Å²) in [5, 5.41) is 17.3. The monoisotopic (exact) mass is 659 g/mol. The van der Waals surface area contributed by atoms with Crippen molar-refractivity contribution in [3.63, 3.8) is 0 Å². The summed E-state index contributed by atoms with van der Waals surface area (Å²) in [6.45, 7) is 4.11. The number of hydrogen-bond acceptors (Lipinski definition) is 8. The number of nitrogens with zero attached hydrogens (tertiary/aromatic N) is 2. The minimum atomic E-state index is -1.28. The predicted molar refractivity (Wildman–Crippen MR) is 174 cm³/mol. The molecule has 1 aliphatic heterocycles. The van der Waals surface area contributed by atoms with Gasteiger partial charge in [-0.25, -0.2) is 4.79 Å². The van der Waals surface area contributed by atoms with Gasteiger partial charge < -0.3 is 48.9 Å². The fraction of sp³-hybridized carbons (Fsp3) is 0.581. The maximum absolute atomic E-state index is 13.5. The summed E-state index contributed by atoms with van der Waals surface area (Å²) in [5.41, 5.74) is 23.0. The molecule has 1 aromatic carbocycles. The highest BCUT2D eigenvalue weighted by Gasteiger charge is 2.38. The summed E-state index contributed by atoms with van der Waals surface area (Å²) < 4.78 is 0. The maximum Gasteiger partial charge on any atom is 0.326 e. The Balaban J connectivity index is 2.15. The topological polar surface area (TPSA) is 278 Å². The number of primary amides is 1. The Morgan fingerprint density at radius 3 is 2.17 bits per heavy atom. The van der Waals surface area contributed by atoms with Gasteiger partial charge in [-0.2, -0.15) is 0 Å². The van der Waals surface area contributed by atoms with Crippen LogP contribution in [0.15, 0.2) is 35.3 Å². The molecule has 260 valence electrons. The van der Waals surface area contributed by atoms with Crippen LogP contribution in [0, 0.1) is 5.92 Å². The Morgan fingerprint density at radius 1 is 0.936 bits per heavy atom. The summed E-state index contributed by atoms with van der Waals surface area (Å²) in [6.07, 6.45) is 1.22. The Bertz CT molecular complexity index is 1270. The molecular weight excluding hydrogens is 610 g/mol. The number of carboxylic acids is 1. The number of nitrogens with one attached hydrogen (secondary N) is 3. The van der Waals surface area contributed by atoms with E-state index in [-0.39, 0.29) is 56.9 Å². The van der Waals surface area contributed by atoms with Crippen LogP contribution in [0.3, 0.4) is 0 Å². The summed E-state index contributed by atoms with van der Waals surface area (Å²) in [5.74, 6) is -4.72. The first kappa shape index (κ1) is 38.5. The van der Waals surface area contributed by atoms with E-state index in [1.807, 2.05) is 44.2 Å². The van der Waals surface area contributed by atoms with E-state index in [1.54, 1.807) is 0 Å². The van der Waals surface area contributed by atoms with Crippen molar-refractivity contribution in [3.8, 4) is 0 Å². The van der Waals surface area contributed by atoms with E-state index in [1.165, 1.54) is 4.90 Å². The van der Waals surface area contributed by atoms with Gasteiger partial charge in [0.2, 0.25) is 29.5 Å². The Kier molecular flexibility index (Phi) is 15.6. The highest BCUT2D eigenvalue weighted by Crippen LogP contribution is 2.20. The van der Waals surface area contributed by atoms with Crippen LogP contribution in [0.1, 0.15) is 64.4 Å². The largest absolute Gasteiger partial charge is 0.480 e. The third-order valence-corrected chi connectivity index (χ3v) is 7.67. The van der Waals surface area contributed by atoms with Crippen molar-refractivity contribution in [2.45, 2.75) is 95.4 Å². The molecule has 0 saturated carbocycles. The van der Waals surface area contributed by atoms with Crippen LogP contribution >= 0.6 is 0 Å². The van der Waals surface area contributed by atoms with Crippen molar-refractivity contribution < 1.29 is 33.9 Å². The quantitative estimate of drug-likeness (QED) is 0.0481. The second kappa shape index (κ2) is 19.1. The van der Waals surface area contributed by atoms with Crippen LogP contribution < -0.4 is 38.9 Å². The lowest BCUT2D eigenvalue weighted by Gasteiger charge is -2.29. The number of hydrogen-bond donors (Lipinski definition) is 8. The van der Waals surface area contributed by atoms with Gasteiger partial charge in [0, 0.05) is 19.5 Å². The van der Waals surface area contributed by atoms with Gasteiger partial charge >= 0.3 is 5.97 Å². The molecular formula is C31H49N9O7. The molecule has 0 aromatic heterocycles. The summed E-state index contributed by atoms with van der Waals surface area (Å²) in [4.78, 5) is 82.1. The number of amides is 5. The number of nitrogens with two attached hydrogens (primary N) is 4. The normalized spacial score (nSPS) is 16.8. The van der Waals surface area contributed by atoms with Crippen molar-refractivity contribution in [1.29, 1.82) is 0 Å². The molecule has 1 saturated heterocycles. The molecule has 0 bridgehead atoms. The molecule has 1 aromatic rings. The van der Waals surface area contributed by atoms with Gasteiger partial charge in [0.1, 0.15) is 24.2 Å². The second-order valence-electron chi connectivity index (χ2n) is 12.1. The van der Waals surface area contributed by atoms with E-state index >= 15 is 0 Å². The number of aliphatic imine (C=N–C) groups is 1. The van der Waals surface area contributed by atoms with Gasteiger partial charge in [0.15, 0.2) is 5.96 Å². The Hall–Kier alpha value is -4.73. The number of aliphatic carboxylic acids is 1. The number of benzene rings is 1. The second-order valence-corrected chi connectivity index (χ2v) is 12.1. The molecule has 16 nitrogen and oxygen atoms in total. The predicted octanol–water partition coefficient (Wildman–Crippen LogP) is -1.55. The molecule has 0 radical (unpaired) electrons. The molecule has 5 atom stereocenters. The van der Waals surface area contributed by atoms with Crippen molar-refractivity contribution >= 4 is 41.5 Å². The smallest absolute Gasteiger partial charge is 0.326 e. The van der Waals surface area contributed by atoms with Crippen LogP contribution in [0.5, 0.6) is 0 Å². The minimum absolute atomic E-state index is 0.0309. The first-order chi connectivity index (χ1) is 22.2. The van der Waals surface area contributed by atoms with E-state index in [2.05, 4.69) is 20.9 Å². The lowest BCUT2D eigenvalue weighted by Crippen LogP contribution is -2.58. The molecule has 5 unspecified atom stereocenters. The molecule has 47 heavy (non-hydrogen) atoms. The third kappa shape index (κ3) is 13.3. The fourth-order valence-electron chi connectivity index (χ4n) is 5.30. The van der Waals surface area contributed by atoms with Crippen molar-refractivity contribution in [2.75, 3.05) is 13.1 Å². The summed E-state index contributed by atoms with van der Waals surface area (Å²) in [6, 6.07) is 3.77. The Morgan fingerprint density at radius 2 is 1.57 bits per heavy atom. The SMILES string of the molecule is CC(C)CC(NC(=O)C(CCC(N)=O)NC(=O)C1CCCN1C(=O)C(N)Cc1ccccc1)C(=O)NC(CCCN=C(N)N)C(=O)O. The van der Waals surface area contributed by atoms with Gasteiger partial charge in [-0.15, -0.1) is 0 Å². The molecule has 0 spiro atoms. The van der Waals surface area contributed by atoms with E-state index in [0.717, 1.165) is 5.56 Å². The summed E-state index contributed by atoms with van der Waals surface area (Å²) in [7, 11) is 0. The van der Waals surface area contributed by atoms with E-state index in [0.29, 0.717) is 19.4 Å². The van der Waals surface area contributed by atoms with Gasteiger partial charge in [-0.3, -0.25) is 29.0 Å². The lowest BCUT2D eigenvalue weighted by molar-refractivity contribution is -0.142. The standard InChI is InChI=1S/C31H49N9O7/c1-18(2)16-23(27(43)38-22(30(46)47)10-6-14-36-31(34)35)39-26(42)21(12-13-25(33)41)37-28(44)24-11-7-15-40(24)29(45)20(32)17-19-8-4-3-5-9-19/h3-5,8-9,18,20-24H,6-7,10-17,32H2,1-2H3,(H2,33,41)(H,37,44)(H,38,43)(H,39,42)(H,46,47)(H4,34,35,36). The highest BCUT2D eigenvalue weighted by atomic mass is 16.4. The number of carboxylic acid groups (broad SMARTS) is 1. The lowest BCUT2D eigenvalue weighted by atomic mass is 10.0. The fourth-order valence-corrected chi connectivity index (χ4v) is 5.30. The minimum Gasteiger partial charge on any atom is -0.480 e. The third-order valence-electron chi connectivity index (χ3n) is 7.67. The Labute approximate surface area is 274 Å². The first-order valence-corrected chi connectivity index (χ1v) is 15.8. The van der Waals surface area contributed by atoms with Crippen LogP contribution in [0.2, 0.25) is 0 Å². The average Bonchev–Trinajstić information content (AvgIpc) is 3.50. The van der Waals surface area contributed by atoms with Crippen LogP contribution in [0.4, 0.5) is 0 Å². The highest BCUT2D eigenvalue weighted by molar-refractivity contribution is 5.96. The summed E-state index contributed by atoms with van der Waals surface area (Å²) >= 11 is 0. The van der Waals surface area contributed by atoms with Crippen LogP contribution in [0.25, 0.3) is 0 Å². The molecule has 16 heteroatoms. The maximum atomic E-state index is 13.5. The zero-order chi connectivity index (χ0) is 35.1. The van der Waals surface area contributed by atoms with E-state index in [4.69, 9.17) is 22.9 Å². The zero-order valence-electron chi connectivity index (χ0n) is 27.0. The molecule has 5 amide bonds. The average molecular weight is 660 g/mol. The molecule has 2 rings (SSSR count). The first-order valence-electron chi connectivity index (χ1n) is 15.8. The molecule has 1 heterocycles. The van der Waals surface area contributed by atoms with E-state index in [9.17, 15) is 33.9 Å². The van der Waals surface area contributed by atoms with Crippen molar-refractivity contribution in [3.05, 3.63) is 35.9 Å².